The van der Waals surface area contributed by atoms with Gasteiger partial charge >= 0.3 is 0 Å². The van der Waals surface area contributed by atoms with Gasteiger partial charge < -0.3 is 40.9 Å². The largest absolute Gasteiger partial charge is 0.494 e. The number of rotatable bonds is 18. The lowest BCUT2D eigenvalue weighted by molar-refractivity contribution is -0.144. The fourth-order valence-electron chi connectivity index (χ4n) is 9.82. The number of amides is 3. The summed E-state index contributed by atoms with van der Waals surface area (Å²) in [6.45, 7) is 11.5. The van der Waals surface area contributed by atoms with Crippen LogP contribution in [0.25, 0.3) is 10.4 Å². The molecular formula is C52H66ClN11O7S2. The van der Waals surface area contributed by atoms with Gasteiger partial charge in [0.25, 0.3) is 0 Å². The van der Waals surface area contributed by atoms with Crippen molar-refractivity contribution in [2.45, 2.75) is 78.1 Å². The van der Waals surface area contributed by atoms with Crippen molar-refractivity contribution in [3.8, 4) is 16.2 Å². The Hall–Kier alpha value is -6.06. The van der Waals surface area contributed by atoms with Crippen LogP contribution >= 0.6 is 22.9 Å². The van der Waals surface area contributed by atoms with Crippen molar-refractivity contribution in [1.82, 2.24) is 35.4 Å². The number of aromatic nitrogens is 3. The first kappa shape index (κ1) is 53.2. The third-order valence-corrected chi connectivity index (χ3v) is 16.4. The first-order valence-corrected chi connectivity index (χ1v) is 27.6. The zero-order chi connectivity index (χ0) is 52.2. The van der Waals surface area contributed by atoms with E-state index in [2.05, 4.69) is 46.0 Å². The third-order valence-electron chi connectivity index (χ3n) is 13.9. The summed E-state index contributed by atoms with van der Waals surface area (Å²) in [5.74, 6) is 1.26. The Morgan fingerprint density at radius 3 is 2.37 bits per heavy atom. The highest BCUT2D eigenvalue weighted by Crippen LogP contribution is 2.37. The lowest BCUT2D eigenvalue weighted by Gasteiger charge is -2.43. The van der Waals surface area contributed by atoms with Gasteiger partial charge in [0, 0.05) is 64.5 Å². The summed E-state index contributed by atoms with van der Waals surface area (Å²) in [4.78, 5) is 61.6. The fourth-order valence-corrected chi connectivity index (χ4v) is 11.3. The first-order chi connectivity index (χ1) is 34.7. The van der Waals surface area contributed by atoms with Gasteiger partial charge in [-0.15, -0.1) is 11.3 Å². The molecule has 8 rings (SSSR count). The molecule has 0 unspecified atom stereocenters. The van der Waals surface area contributed by atoms with Crippen LogP contribution in [-0.4, -0.2) is 134 Å². The molecule has 0 saturated carbocycles. The number of hydrogen-bond donors (Lipinski definition) is 5. The number of carbonyl (C=O) groups is 3. The van der Waals surface area contributed by atoms with E-state index in [1.165, 1.54) is 22.4 Å². The fraction of sp³-hybridized carbons (Fsp3) is 0.462. The summed E-state index contributed by atoms with van der Waals surface area (Å²) < 4.78 is 31.6. The average molecular weight is 1060 g/mol. The Morgan fingerprint density at radius 1 is 0.973 bits per heavy atom. The number of para-hydroxylation sites is 2. The van der Waals surface area contributed by atoms with E-state index in [1.807, 2.05) is 75.7 Å². The number of nitrogens with one attached hydrogen (secondary N) is 4. The molecule has 3 amide bonds. The van der Waals surface area contributed by atoms with Crippen molar-refractivity contribution in [3.63, 3.8) is 0 Å². The van der Waals surface area contributed by atoms with Gasteiger partial charge in [-0.2, -0.15) is 4.98 Å². The Bertz CT molecular complexity index is 2890. The number of aliphatic hydroxyl groups is 1. The molecule has 0 aliphatic carbocycles. The molecule has 3 atom stereocenters. The van der Waals surface area contributed by atoms with Gasteiger partial charge in [-0.25, -0.2) is 18.4 Å². The molecule has 3 aliphatic rings. The number of ether oxygens (including phenoxy) is 1. The molecule has 3 aromatic carbocycles. The molecule has 5 heterocycles. The standard InChI is InChI=1S/C52H66ClN11O7S2/c1-32-46(72-31-56-32)36-14-12-34(13-15-36)25-54-49(67)43-24-38(65)29-64(43)50(68)47(52(2,3)4)59-45(66)30-62-27-35(28-62)22-33-18-20-63(21-19-33)37-16-17-41(44(23-37)71-6)58-51-55-26-39(53)48(60-51)57-40-10-8-9-11-42(40)61(5)73(7,69)70/h8-17,23,26,31,33,35,38,43,47,65H,18-22,24-25,27-30H2,1-7H3,(H,54,67)(H,59,66)(H2,55,57,58,60)/t38-,43+,47-/m1/s1. The van der Waals surface area contributed by atoms with Gasteiger partial charge in [-0.1, -0.05) is 68.8 Å². The quantitative estimate of drug-likeness (QED) is 0.0611. The number of β-amino-alcohol motifs (C(OH)–C–C–N with tert-alkyl or cyclic N) is 1. The van der Waals surface area contributed by atoms with E-state index in [1.54, 1.807) is 42.7 Å². The smallest absolute Gasteiger partial charge is 0.246 e. The number of halogens is 1. The number of aryl methyl sites for hydroxylation is 1. The number of benzene rings is 3. The molecule has 5 aromatic rings. The molecule has 0 radical (unpaired) electrons. The van der Waals surface area contributed by atoms with Crippen LogP contribution in [0.4, 0.5) is 34.5 Å². The van der Waals surface area contributed by atoms with Crippen LogP contribution in [0.15, 0.2) is 78.4 Å². The van der Waals surface area contributed by atoms with Crippen LogP contribution in [0.2, 0.25) is 5.02 Å². The first-order valence-electron chi connectivity index (χ1n) is 24.5. The van der Waals surface area contributed by atoms with Gasteiger partial charge in [-0.3, -0.25) is 23.6 Å². The zero-order valence-electron chi connectivity index (χ0n) is 42.4. The van der Waals surface area contributed by atoms with Gasteiger partial charge in [0.1, 0.15) is 22.9 Å². The van der Waals surface area contributed by atoms with Gasteiger partial charge in [0.15, 0.2) is 5.82 Å². The monoisotopic (exact) mass is 1060 g/mol. The van der Waals surface area contributed by atoms with E-state index in [0.29, 0.717) is 40.5 Å². The van der Waals surface area contributed by atoms with E-state index in [-0.39, 0.29) is 54.7 Å². The van der Waals surface area contributed by atoms with Crippen molar-refractivity contribution in [2.75, 3.05) is 79.5 Å². The van der Waals surface area contributed by atoms with Gasteiger partial charge in [0.2, 0.25) is 33.7 Å². The zero-order valence-corrected chi connectivity index (χ0v) is 44.8. The minimum Gasteiger partial charge on any atom is -0.494 e. The lowest BCUT2D eigenvalue weighted by Crippen LogP contribution is -2.59. The summed E-state index contributed by atoms with van der Waals surface area (Å²) in [6.07, 6.45) is 5.03. The minimum absolute atomic E-state index is 0.0170. The number of methoxy groups -OCH3 is 1. The summed E-state index contributed by atoms with van der Waals surface area (Å²) in [6, 6.07) is 19.1. The normalized spacial score (nSPS) is 18.2. The van der Waals surface area contributed by atoms with Crippen molar-refractivity contribution in [1.29, 1.82) is 0 Å². The minimum atomic E-state index is -3.52. The van der Waals surface area contributed by atoms with E-state index in [9.17, 15) is 27.9 Å². The highest BCUT2D eigenvalue weighted by molar-refractivity contribution is 7.92. The number of thiazole rings is 1. The molecule has 21 heteroatoms. The van der Waals surface area contributed by atoms with Crippen LogP contribution in [0.3, 0.4) is 0 Å². The molecule has 0 bridgehead atoms. The maximum absolute atomic E-state index is 14.2. The van der Waals surface area contributed by atoms with Crippen LogP contribution in [0.5, 0.6) is 5.75 Å². The van der Waals surface area contributed by atoms with Crippen molar-refractivity contribution in [3.05, 3.63) is 94.7 Å². The Labute approximate surface area is 436 Å². The summed E-state index contributed by atoms with van der Waals surface area (Å²) in [5.41, 5.74) is 6.74. The van der Waals surface area contributed by atoms with E-state index >= 15 is 0 Å². The second-order valence-corrected chi connectivity index (χ2v) is 23.7. The lowest BCUT2D eigenvalue weighted by atomic mass is 9.83. The number of anilines is 6. The molecule has 3 fully saturated rings. The second-order valence-electron chi connectivity index (χ2n) is 20.4. The summed E-state index contributed by atoms with van der Waals surface area (Å²) in [5, 5.41) is 23.3. The maximum atomic E-state index is 14.2. The summed E-state index contributed by atoms with van der Waals surface area (Å²) >= 11 is 8.07. The van der Waals surface area contributed by atoms with E-state index in [0.717, 1.165) is 79.1 Å². The van der Waals surface area contributed by atoms with Crippen LogP contribution in [0.1, 0.15) is 57.7 Å². The highest BCUT2D eigenvalue weighted by atomic mass is 35.5. The Balaban J connectivity index is 0.784. The molecule has 3 aliphatic heterocycles. The SMILES string of the molecule is COc1cc(N2CCC(CC3CN(CC(=O)N[C@H](C(=O)N4C[C@H](O)C[C@H]4C(=O)NCc4ccc(-c5scnc5C)cc4)C(C)(C)C)C3)CC2)ccc1Nc1ncc(Cl)c(Nc2ccccc2N(C)S(C)(=O)=O)n1. The number of aliphatic hydroxyl groups excluding tert-OH is 1. The molecule has 18 nitrogen and oxygen atoms in total. The number of piperidine rings is 1. The molecule has 390 valence electrons. The number of nitrogens with zero attached hydrogens (tertiary/aromatic N) is 7. The van der Waals surface area contributed by atoms with Crippen molar-refractivity contribution >= 4 is 85.2 Å². The maximum Gasteiger partial charge on any atom is 0.246 e. The Morgan fingerprint density at radius 2 is 1.70 bits per heavy atom. The second kappa shape index (κ2) is 22.6. The van der Waals surface area contributed by atoms with E-state index < -0.39 is 33.6 Å². The predicted octanol–water partition coefficient (Wildman–Crippen LogP) is 6.80. The number of sulfonamides is 1. The van der Waals surface area contributed by atoms with Gasteiger partial charge in [0.05, 0.1) is 65.4 Å². The highest BCUT2D eigenvalue weighted by Gasteiger charge is 2.45. The number of carbonyl (C=O) groups excluding carboxylic acids is 3. The van der Waals surface area contributed by atoms with Crippen LogP contribution < -0.4 is 35.2 Å². The van der Waals surface area contributed by atoms with Crippen LogP contribution in [0, 0.1) is 24.2 Å². The topological polar surface area (TPSA) is 215 Å². The van der Waals surface area contributed by atoms with Crippen LogP contribution in [-0.2, 0) is 31.0 Å². The average Bonchev–Trinajstić information content (AvgIpc) is 3.97. The van der Waals surface area contributed by atoms with Gasteiger partial charge in [-0.05, 0) is 78.8 Å². The molecule has 73 heavy (non-hydrogen) atoms. The molecule has 0 spiro atoms. The summed E-state index contributed by atoms with van der Waals surface area (Å²) in [7, 11) is -0.428. The van der Waals surface area contributed by atoms with Crippen molar-refractivity contribution in [2.24, 2.45) is 17.3 Å². The third kappa shape index (κ3) is 13.0. The van der Waals surface area contributed by atoms with Crippen molar-refractivity contribution < 1.29 is 32.6 Å². The molecule has 2 aromatic heterocycles. The number of hydrogen-bond acceptors (Lipinski definition) is 15. The number of likely N-dealkylation sites (tertiary alicyclic amines) is 2. The van der Waals surface area contributed by atoms with E-state index in [4.69, 9.17) is 16.3 Å². The Kier molecular flexibility index (Phi) is 16.5. The molecular weight excluding hydrogens is 990 g/mol. The molecule has 3 saturated heterocycles. The predicted molar refractivity (Wildman–Crippen MR) is 287 cm³/mol. The molecule has 5 N–H and O–H groups in total.